The summed E-state index contributed by atoms with van der Waals surface area (Å²) in [4.78, 5) is 0. The molecule has 0 aliphatic rings. The van der Waals surface area contributed by atoms with Gasteiger partial charge in [-0.25, -0.2) is 13.2 Å². The Morgan fingerprint density at radius 3 is 1.95 bits per heavy atom. The molecular formula is C14H8F6. The van der Waals surface area contributed by atoms with Crippen LogP contribution in [0.2, 0.25) is 0 Å². The molecule has 2 aromatic carbocycles. The fraction of sp³-hybridized carbons (Fsp3) is 0.143. The van der Waals surface area contributed by atoms with Crippen molar-refractivity contribution in [3.05, 3.63) is 59.4 Å². The minimum absolute atomic E-state index is 0.104. The highest BCUT2D eigenvalue weighted by Crippen LogP contribution is 2.35. The van der Waals surface area contributed by atoms with Gasteiger partial charge in [0.2, 0.25) is 0 Å². The fourth-order valence-electron chi connectivity index (χ4n) is 1.85. The van der Waals surface area contributed by atoms with Crippen molar-refractivity contribution in [3.63, 3.8) is 0 Å². The molecule has 0 saturated heterocycles. The zero-order valence-corrected chi connectivity index (χ0v) is 9.89. The standard InChI is InChI=1S/C14H8F6/c15-11-3-1-2-10(12(11)13(16)17)8-4-6-9(7-5-8)14(18,19)20/h1-7,13H. The van der Waals surface area contributed by atoms with E-state index in [0.717, 1.165) is 30.3 Å². The number of rotatable bonds is 2. The molecule has 0 amide bonds. The number of benzene rings is 2. The largest absolute Gasteiger partial charge is 0.416 e. The first-order chi connectivity index (χ1) is 9.30. The van der Waals surface area contributed by atoms with E-state index >= 15 is 0 Å². The van der Waals surface area contributed by atoms with Crippen molar-refractivity contribution < 1.29 is 26.3 Å². The molecule has 0 atom stereocenters. The fourth-order valence-corrected chi connectivity index (χ4v) is 1.85. The summed E-state index contributed by atoms with van der Waals surface area (Å²) in [6.45, 7) is 0. The average Bonchev–Trinajstić information content (AvgIpc) is 2.37. The molecule has 0 bridgehead atoms. The third-order valence-electron chi connectivity index (χ3n) is 2.79. The van der Waals surface area contributed by atoms with Crippen molar-refractivity contribution in [1.82, 2.24) is 0 Å². The molecule has 6 heteroatoms. The van der Waals surface area contributed by atoms with Crippen LogP contribution in [0.25, 0.3) is 11.1 Å². The summed E-state index contributed by atoms with van der Waals surface area (Å²) in [5.74, 6) is -1.09. The SMILES string of the molecule is Fc1cccc(-c2ccc(C(F)(F)F)cc2)c1C(F)F. The maximum atomic E-state index is 13.4. The van der Waals surface area contributed by atoms with Crippen LogP contribution in [0.3, 0.4) is 0 Å². The highest BCUT2D eigenvalue weighted by molar-refractivity contribution is 5.68. The second-order valence-corrected chi connectivity index (χ2v) is 4.08. The summed E-state index contributed by atoms with van der Waals surface area (Å²) < 4.78 is 76.3. The monoisotopic (exact) mass is 290 g/mol. The Morgan fingerprint density at radius 2 is 1.45 bits per heavy atom. The number of hydrogen-bond donors (Lipinski definition) is 0. The number of hydrogen-bond acceptors (Lipinski definition) is 0. The quantitative estimate of drug-likeness (QED) is 0.645. The Labute approximate surface area is 110 Å². The van der Waals surface area contributed by atoms with Crippen molar-refractivity contribution >= 4 is 0 Å². The third kappa shape index (κ3) is 2.79. The molecule has 106 valence electrons. The predicted molar refractivity (Wildman–Crippen MR) is 61.8 cm³/mol. The number of halogens is 6. The summed E-state index contributed by atoms with van der Waals surface area (Å²) in [5.41, 5.74) is -1.72. The van der Waals surface area contributed by atoms with Crippen LogP contribution >= 0.6 is 0 Å². The van der Waals surface area contributed by atoms with Crippen LogP contribution in [-0.4, -0.2) is 0 Å². The topological polar surface area (TPSA) is 0 Å². The average molecular weight is 290 g/mol. The van der Waals surface area contributed by atoms with Gasteiger partial charge in [-0.1, -0.05) is 24.3 Å². The van der Waals surface area contributed by atoms with Crippen molar-refractivity contribution in [1.29, 1.82) is 0 Å². The summed E-state index contributed by atoms with van der Waals surface area (Å²) in [6.07, 6.45) is -7.56. The van der Waals surface area contributed by atoms with Gasteiger partial charge in [-0.15, -0.1) is 0 Å². The first-order valence-electron chi connectivity index (χ1n) is 5.55. The van der Waals surface area contributed by atoms with Crippen molar-refractivity contribution in [2.75, 3.05) is 0 Å². The van der Waals surface area contributed by atoms with Gasteiger partial charge >= 0.3 is 6.18 Å². The first kappa shape index (κ1) is 14.4. The van der Waals surface area contributed by atoms with Crippen LogP contribution in [0.1, 0.15) is 17.6 Å². The zero-order valence-electron chi connectivity index (χ0n) is 9.89. The second kappa shape index (κ2) is 5.19. The number of alkyl halides is 5. The lowest BCUT2D eigenvalue weighted by atomic mass is 9.98. The van der Waals surface area contributed by atoms with Gasteiger partial charge in [0.15, 0.2) is 0 Å². The van der Waals surface area contributed by atoms with E-state index in [9.17, 15) is 26.3 Å². The van der Waals surface area contributed by atoms with E-state index in [1.54, 1.807) is 0 Å². The molecule has 0 aliphatic carbocycles. The normalized spacial score (nSPS) is 11.9. The van der Waals surface area contributed by atoms with E-state index in [-0.39, 0.29) is 11.1 Å². The van der Waals surface area contributed by atoms with Crippen LogP contribution in [0.15, 0.2) is 42.5 Å². The Kier molecular flexibility index (Phi) is 3.74. The van der Waals surface area contributed by atoms with Crippen molar-refractivity contribution in [3.8, 4) is 11.1 Å². The highest BCUT2D eigenvalue weighted by Gasteiger charge is 2.30. The van der Waals surface area contributed by atoms with Crippen molar-refractivity contribution in [2.45, 2.75) is 12.6 Å². The molecule has 2 aromatic rings. The molecule has 0 unspecified atom stereocenters. The molecule has 0 aliphatic heterocycles. The lowest BCUT2D eigenvalue weighted by Gasteiger charge is -2.11. The molecule has 0 aromatic heterocycles. The van der Waals surface area contributed by atoms with Crippen LogP contribution in [0, 0.1) is 5.82 Å². The molecule has 0 fully saturated rings. The Morgan fingerprint density at radius 1 is 0.850 bits per heavy atom. The molecule has 20 heavy (non-hydrogen) atoms. The molecule has 0 saturated carbocycles. The maximum Gasteiger partial charge on any atom is 0.416 e. The van der Waals surface area contributed by atoms with E-state index in [4.69, 9.17) is 0 Å². The van der Waals surface area contributed by atoms with Gasteiger partial charge in [0.05, 0.1) is 11.1 Å². The van der Waals surface area contributed by atoms with Crippen LogP contribution in [-0.2, 0) is 6.18 Å². The summed E-state index contributed by atoms with van der Waals surface area (Å²) in [7, 11) is 0. The van der Waals surface area contributed by atoms with E-state index in [1.165, 1.54) is 12.1 Å². The van der Waals surface area contributed by atoms with Gasteiger partial charge in [-0.3, -0.25) is 0 Å². The molecule has 0 radical (unpaired) electrons. The van der Waals surface area contributed by atoms with E-state index < -0.39 is 29.5 Å². The van der Waals surface area contributed by atoms with Gasteiger partial charge in [0, 0.05) is 0 Å². The predicted octanol–water partition coefficient (Wildman–Crippen LogP) is 5.45. The molecule has 0 N–H and O–H groups in total. The lowest BCUT2D eigenvalue weighted by molar-refractivity contribution is -0.137. The molecular weight excluding hydrogens is 282 g/mol. The van der Waals surface area contributed by atoms with E-state index in [1.807, 2.05) is 0 Å². The minimum Gasteiger partial charge on any atom is -0.206 e. The summed E-state index contributed by atoms with van der Waals surface area (Å²) in [5, 5.41) is 0. The van der Waals surface area contributed by atoms with Crippen LogP contribution in [0.5, 0.6) is 0 Å². The molecule has 0 heterocycles. The third-order valence-corrected chi connectivity index (χ3v) is 2.79. The Bertz CT molecular complexity index is 598. The van der Waals surface area contributed by atoms with Crippen LogP contribution < -0.4 is 0 Å². The van der Waals surface area contributed by atoms with Gasteiger partial charge < -0.3 is 0 Å². The van der Waals surface area contributed by atoms with Crippen molar-refractivity contribution in [2.24, 2.45) is 0 Å². The first-order valence-corrected chi connectivity index (χ1v) is 5.55. The van der Waals surface area contributed by atoms with E-state index in [0.29, 0.717) is 0 Å². The maximum absolute atomic E-state index is 13.4. The lowest BCUT2D eigenvalue weighted by Crippen LogP contribution is -2.04. The highest BCUT2D eigenvalue weighted by atomic mass is 19.4. The second-order valence-electron chi connectivity index (χ2n) is 4.08. The molecule has 0 nitrogen and oxygen atoms in total. The van der Waals surface area contributed by atoms with Gasteiger partial charge in [-0.05, 0) is 29.3 Å². The summed E-state index contributed by atoms with van der Waals surface area (Å²) in [6, 6.07) is 6.99. The smallest absolute Gasteiger partial charge is 0.206 e. The van der Waals surface area contributed by atoms with Crippen LogP contribution in [0.4, 0.5) is 26.3 Å². The Balaban J connectivity index is 2.50. The Hall–Kier alpha value is -1.98. The molecule has 2 rings (SSSR count). The van der Waals surface area contributed by atoms with E-state index in [2.05, 4.69) is 0 Å². The zero-order chi connectivity index (χ0) is 14.9. The van der Waals surface area contributed by atoms with Gasteiger partial charge in [-0.2, -0.15) is 13.2 Å². The summed E-state index contributed by atoms with van der Waals surface area (Å²) >= 11 is 0. The minimum atomic E-state index is -4.51. The van der Waals surface area contributed by atoms with Gasteiger partial charge in [0.25, 0.3) is 6.43 Å². The molecule has 0 spiro atoms. The van der Waals surface area contributed by atoms with Gasteiger partial charge in [0.1, 0.15) is 5.82 Å².